The van der Waals surface area contributed by atoms with Crippen molar-refractivity contribution in [1.82, 2.24) is 0 Å². The van der Waals surface area contributed by atoms with E-state index in [1.807, 2.05) is 18.2 Å². The highest BCUT2D eigenvalue weighted by molar-refractivity contribution is 6.42. The van der Waals surface area contributed by atoms with Gasteiger partial charge in [-0.15, -0.1) is 0 Å². The van der Waals surface area contributed by atoms with E-state index in [0.29, 0.717) is 5.58 Å². The van der Waals surface area contributed by atoms with Gasteiger partial charge in [0.05, 0.1) is 0 Å². The number of rotatable bonds is 2. The zero-order valence-corrected chi connectivity index (χ0v) is 7.61. The third-order valence-corrected chi connectivity index (χ3v) is 1.97. The lowest BCUT2D eigenvalue weighted by Crippen LogP contribution is -2.07. The third-order valence-electron chi connectivity index (χ3n) is 1.97. The zero-order valence-electron chi connectivity index (χ0n) is 7.61. The van der Waals surface area contributed by atoms with Crippen LogP contribution in [0.15, 0.2) is 34.7 Å². The van der Waals surface area contributed by atoms with Gasteiger partial charge in [-0.25, -0.2) is 0 Å². The summed E-state index contributed by atoms with van der Waals surface area (Å²) >= 11 is 0. The molecule has 14 heavy (non-hydrogen) atoms. The highest BCUT2D eigenvalue weighted by Gasteiger charge is 2.15. The fraction of sp³-hybridized carbons (Fsp3) is 0.0909. The average Bonchev–Trinajstić information content (AvgIpc) is 2.59. The van der Waals surface area contributed by atoms with E-state index in [1.165, 1.54) is 6.92 Å². The summed E-state index contributed by atoms with van der Waals surface area (Å²) in [4.78, 5) is 22.1. The molecule has 0 saturated carbocycles. The molecule has 0 spiro atoms. The maximum Gasteiger partial charge on any atom is 0.263 e. The van der Waals surface area contributed by atoms with Crippen molar-refractivity contribution >= 4 is 22.5 Å². The van der Waals surface area contributed by atoms with E-state index in [0.717, 1.165) is 5.39 Å². The Labute approximate surface area is 80.3 Å². The summed E-state index contributed by atoms with van der Waals surface area (Å²) in [6.07, 6.45) is 0. The number of hydrogen-bond acceptors (Lipinski definition) is 3. The summed E-state index contributed by atoms with van der Waals surface area (Å²) in [5.74, 6) is -0.982. The first-order valence-electron chi connectivity index (χ1n) is 4.22. The van der Waals surface area contributed by atoms with Crippen LogP contribution in [0.1, 0.15) is 17.5 Å². The lowest BCUT2D eigenvalue weighted by atomic mass is 10.2. The van der Waals surface area contributed by atoms with E-state index in [2.05, 4.69) is 0 Å². The van der Waals surface area contributed by atoms with E-state index >= 15 is 0 Å². The van der Waals surface area contributed by atoms with Gasteiger partial charge in [0.1, 0.15) is 5.58 Å². The summed E-state index contributed by atoms with van der Waals surface area (Å²) in [6.45, 7) is 1.23. The molecule has 0 fully saturated rings. The summed E-state index contributed by atoms with van der Waals surface area (Å²) in [7, 11) is 0. The van der Waals surface area contributed by atoms with Gasteiger partial charge in [-0.3, -0.25) is 9.59 Å². The van der Waals surface area contributed by atoms with Gasteiger partial charge >= 0.3 is 0 Å². The number of ketones is 2. The van der Waals surface area contributed by atoms with E-state index in [1.54, 1.807) is 12.1 Å². The summed E-state index contributed by atoms with van der Waals surface area (Å²) in [5.41, 5.74) is 0.622. The van der Waals surface area contributed by atoms with E-state index < -0.39 is 11.6 Å². The standard InChI is InChI=1S/C11H8O3/c1-7(12)11(13)10-6-8-4-2-3-5-9(8)14-10/h2-6H,1H3. The molecular formula is C11H8O3. The molecule has 0 aliphatic rings. The predicted molar refractivity (Wildman–Crippen MR) is 51.2 cm³/mol. The van der Waals surface area contributed by atoms with Crippen LogP contribution in [-0.2, 0) is 4.79 Å². The number of para-hydroxylation sites is 1. The molecule has 2 rings (SSSR count). The summed E-state index contributed by atoms with van der Waals surface area (Å²) in [6, 6.07) is 8.83. The van der Waals surface area contributed by atoms with Crippen molar-refractivity contribution in [2.24, 2.45) is 0 Å². The van der Waals surface area contributed by atoms with Crippen molar-refractivity contribution in [2.75, 3.05) is 0 Å². The Morgan fingerprint density at radius 2 is 1.93 bits per heavy atom. The Morgan fingerprint density at radius 1 is 1.21 bits per heavy atom. The number of Topliss-reactive ketones (excluding diaryl/α,β-unsaturated/α-hetero) is 2. The van der Waals surface area contributed by atoms with Crippen molar-refractivity contribution in [3.63, 3.8) is 0 Å². The van der Waals surface area contributed by atoms with Gasteiger partial charge < -0.3 is 4.42 Å². The second-order valence-electron chi connectivity index (χ2n) is 3.03. The van der Waals surface area contributed by atoms with Gasteiger partial charge in [0, 0.05) is 12.3 Å². The molecular weight excluding hydrogens is 180 g/mol. The van der Waals surface area contributed by atoms with Crippen LogP contribution in [0.2, 0.25) is 0 Å². The molecule has 3 heteroatoms. The fourth-order valence-electron chi connectivity index (χ4n) is 1.27. The number of furan rings is 1. The Kier molecular flexibility index (Phi) is 1.93. The monoisotopic (exact) mass is 188 g/mol. The van der Waals surface area contributed by atoms with Crippen molar-refractivity contribution in [2.45, 2.75) is 6.92 Å². The molecule has 0 aliphatic carbocycles. The Hall–Kier alpha value is -1.90. The van der Waals surface area contributed by atoms with Gasteiger partial charge in [0.25, 0.3) is 5.78 Å². The topological polar surface area (TPSA) is 47.3 Å². The molecule has 3 nitrogen and oxygen atoms in total. The summed E-state index contributed by atoms with van der Waals surface area (Å²) < 4.78 is 5.22. The molecule has 0 aliphatic heterocycles. The van der Waals surface area contributed by atoms with Crippen LogP contribution in [0, 0.1) is 0 Å². The predicted octanol–water partition coefficient (Wildman–Crippen LogP) is 2.20. The van der Waals surface area contributed by atoms with Crippen molar-refractivity contribution < 1.29 is 14.0 Å². The maximum absolute atomic E-state index is 11.3. The molecule has 70 valence electrons. The van der Waals surface area contributed by atoms with E-state index in [-0.39, 0.29) is 5.76 Å². The highest BCUT2D eigenvalue weighted by Crippen LogP contribution is 2.19. The average molecular weight is 188 g/mol. The van der Waals surface area contributed by atoms with Gasteiger partial charge in [0.2, 0.25) is 5.78 Å². The van der Waals surface area contributed by atoms with Crippen molar-refractivity contribution in [3.8, 4) is 0 Å². The van der Waals surface area contributed by atoms with Crippen molar-refractivity contribution in [1.29, 1.82) is 0 Å². The largest absolute Gasteiger partial charge is 0.452 e. The normalized spacial score (nSPS) is 10.4. The minimum absolute atomic E-state index is 0.110. The van der Waals surface area contributed by atoms with Gasteiger partial charge in [-0.05, 0) is 12.1 Å². The number of carbonyl (C=O) groups is 2. The highest BCUT2D eigenvalue weighted by atomic mass is 16.3. The van der Waals surface area contributed by atoms with Gasteiger partial charge in [-0.2, -0.15) is 0 Å². The van der Waals surface area contributed by atoms with Crippen LogP contribution in [-0.4, -0.2) is 11.6 Å². The molecule has 0 unspecified atom stereocenters. The van der Waals surface area contributed by atoms with E-state index in [4.69, 9.17) is 4.42 Å². The molecule has 0 amide bonds. The fourth-order valence-corrected chi connectivity index (χ4v) is 1.27. The molecule has 1 aromatic carbocycles. The minimum Gasteiger partial charge on any atom is -0.452 e. The number of carbonyl (C=O) groups excluding carboxylic acids is 2. The minimum atomic E-state index is -0.582. The van der Waals surface area contributed by atoms with Crippen LogP contribution in [0.5, 0.6) is 0 Å². The van der Waals surface area contributed by atoms with Gasteiger partial charge in [0.15, 0.2) is 5.76 Å². The first-order chi connectivity index (χ1) is 6.68. The molecule has 0 saturated heterocycles. The Bertz CT molecular complexity index is 475. The first-order valence-corrected chi connectivity index (χ1v) is 4.22. The molecule has 1 heterocycles. The Morgan fingerprint density at radius 3 is 2.57 bits per heavy atom. The maximum atomic E-state index is 11.3. The lowest BCUT2D eigenvalue weighted by molar-refractivity contribution is -0.113. The van der Waals surface area contributed by atoms with Crippen LogP contribution in [0.25, 0.3) is 11.0 Å². The molecule has 0 atom stereocenters. The lowest BCUT2D eigenvalue weighted by Gasteiger charge is -1.87. The van der Waals surface area contributed by atoms with Crippen molar-refractivity contribution in [3.05, 3.63) is 36.1 Å². The smallest absolute Gasteiger partial charge is 0.263 e. The molecule has 0 bridgehead atoms. The van der Waals surface area contributed by atoms with Gasteiger partial charge in [-0.1, -0.05) is 18.2 Å². The first kappa shape index (κ1) is 8.69. The molecule has 0 N–H and O–H groups in total. The SMILES string of the molecule is CC(=O)C(=O)c1cc2ccccc2o1. The zero-order chi connectivity index (χ0) is 10.1. The quantitative estimate of drug-likeness (QED) is 0.536. The molecule has 1 aromatic heterocycles. The molecule has 2 aromatic rings. The van der Waals surface area contributed by atoms with Crippen LogP contribution in [0.3, 0.4) is 0 Å². The van der Waals surface area contributed by atoms with E-state index in [9.17, 15) is 9.59 Å². The third kappa shape index (κ3) is 1.33. The second-order valence-corrected chi connectivity index (χ2v) is 3.03. The number of fused-ring (bicyclic) bond motifs is 1. The number of benzene rings is 1. The van der Waals surface area contributed by atoms with Crippen LogP contribution >= 0.6 is 0 Å². The number of hydrogen-bond donors (Lipinski definition) is 0. The second kappa shape index (κ2) is 3.10. The van der Waals surface area contributed by atoms with Crippen LogP contribution in [0.4, 0.5) is 0 Å². The molecule has 0 radical (unpaired) electrons. The summed E-state index contributed by atoms with van der Waals surface area (Å²) in [5, 5.41) is 0.831. The van der Waals surface area contributed by atoms with Crippen LogP contribution < -0.4 is 0 Å². The Balaban J connectivity index is 2.55.